The molecular weight excluding hydrogens is 287 g/mol. The van der Waals surface area contributed by atoms with Crippen LogP contribution in [0.1, 0.15) is 31.9 Å². The number of benzene rings is 2. The first-order valence-electron chi connectivity index (χ1n) is 6.78. The Hall–Kier alpha value is -0.324. The van der Waals surface area contributed by atoms with Crippen molar-refractivity contribution in [3.63, 3.8) is 0 Å². The maximum atomic E-state index is 10.8. The minimum absolute atomic E-state index is 0. The van der Waals surface area contributed by atoms with Crippen molar-refractivity contribution < 1.29 is 61.6 Å². The Balaban J connectivity index is 0.000000390. The fourth-order valence-corrected chi connectivity index (χ4v) is 1.76. The Kier molecular flexibility index (Phi) is 9.50. The van der Waals surface area contributed by atoms with Gasteiger partial charge in [0.05, 0.1) is 0 Å². The van der Waals surface area contributed by atoms with Gasteiger partial charge in [0, 0.05) is 0 Å². The Labute approximate surface area is 170 Å². The standard InChI is InChI=1S/C11H16O.C7H8O.K/c1-11(2,3)8-9-4-6-10(12)7-5-9;1-6-2-4-7(8)5-3-6;/h4-7,12H,8H2,1-3H3;2-5,8H,1H3;/q;;+1/p-1. The number of hydrogen-bond acceptors (Lipinski definition) is 2. The molecule has 0 amide bonds. The van der Waals surface area contributed by atoms with Gasteiger partial charge in [-0.1, -0.05) is 62.7 Å². The average Bonchev–Trinajstić information content (AvgIpc) is 2.35. The zero-order valence-corrected chi connectivity index (χ0v) is 16.8. The van der Waals surface area contributed by atoms with Crippen LogP contribution in [0.15, 0.2) is 48.5 Å². The van der Waals surface area contributed by atoms with Crippen molar-refractivity contribution in [2.24, 2.45) is 5.41 Å². The van der Waals surface area contributed by atoms with E-state index in [1.165, 1.54) is 11.1 Å². The van der Waals surface area contributed by atoms with Crippen LogP contribution in [-0.4, -0.2) is 5.11 Å². The van der Waals surface area contributed by atoms with Crippen LogP contribution in [0.2, 0.25) is 0 Å². The molecule has 2 nitrogen and oxygen atoms in total. The third-order valence-electron chi connectivity index (χ3n) is 2.69. The second-order valence-electron chi connectivity index (χ2n) is 6.22. The number of hydrogen-bond donors (Lipinski definition) is 1. The van der Waals surface area contributed by atoms with Crippen molar-refractivity contribution >= 4 is 0 Å². The zero-order valence-electron chi connectivity index (χ0n) is 13.7. The number of phenolic OH excluding ortho intramolecular Hbond substituents is 1. The minimum Gasteiger partial charge on any atom is -0.872 e. The molecule has 2 aromatic rings. The monoisotopic (exact) mass is 310 g/mol. The summed E-state index contributed by atoms with van der Waals surface area (Å²) >= 11 is 0. The smallest absolute Gasteiger partial charge is 0.872 e. The number of rotatable bonds is 1. The van der Waals surface area contributed by atoms with E-state index < -0.39 is 0 Å². The molecule has 0 radical (unpaired) electrons. The van der Waals surface area contributed by atoms with Gasteiger partial charge in [0.1, 0.15) is 5.75 Å². The van der Waals surface area contributed by atoms with Crippen molar-refractivity contribution in [3.8, 4) is 11.5 Å². The molecule has 0 heterocycles. The Morgan fingerprint density at radius 1 is 0.905 bits per heavy atom. The molecule has 0 saturated heterocycles. The van der Waals surface area contributed by atoms with Crippen LogP contribution in [0.3, 0.4) is 0 Å². The number of phenols is 1. The van der Waals surface area contributed by atoms with E-state index in [-0.39, 0.29) is 57.1 Å². The summed E-state index contributed by atoms with van der Waals surface area (Å²) in [5.41, 5.74) is 2.70. The molecule has 0 saturated carbocycles. The van der Waals surface area contributed by atoms with Gasteiger partial charge < -0.3 is 10.2 Å². The van der Waals surface area contributed by atoms with E-state index in [1.807, 2.05) is 31.2 Å². The summed E-state index contributed by atoms with van der Waals surface area (Å²) in [5, 5.41) is 19.5. The quantitative estimate of drug-likeness (QED) is 0.800. The van der Waals surface area contributed by atoms with E-state index in [1.54, 1.807) is 24.3 Å². The van der Waals surface area contributed by atoms with Crippen molar-refractivity contribution in [2.75, 3.05) is 0 Å². The molecule has 0 spiro atoms. The van der Waals surface area contributed by atoms with E-state index in [0.717, 1.165) is 6.42 Å². The van der Waals surface area contributed by atoms with Crippen LogP contribution >= 0.6 is 0 Å². The van der Waals surface area contributed by atoms with Gasteiger partial charge in [0.15, 0.2) is 0 Å². The Morgan fingerprint density at radius 2 is 1.38 bits per heavy atom. The molecule has 0 aliphatic rings. The SMILES string of the molecule is CC(C)(C)Cc1ccc([O-])cc1.Cc1ccc(O)cc1.[K+]. The second-order valence-corrected chi connectivity index (χ2v) is 6.22. The molecule has 0 aromatic heterocycles. The van der Waals surface area contributed by atoms with Crippen LogP contribution in [-0.2, 0) is 6.42 Å². The summed E-state index contributed by atoms with van der Waals surface area (Å²) in [6.07, 6.45) is 1.02. The summed E-state index contributed by atoms with van der Waals surface area (Å²) < 4.78 is 0. The van der Waals surface area contributed by atoms with Gasteiger partial charge in [-0.3, -0.25) is 0 Å². The Morgan fingerprint density at radius 3 is 1.76 bits per heavy atom. The molecule has 0 atom stereocenters. The predicted molar refractivity (Wildman–Crippen MR) is 81.9 cm³/mol. The minimum atomic E-state index is 0. The molecule has 21 heavy (non-hydrogen) atoms. The third-order valence-corrected chi connectivity index (χ3v) is 2.69. The van der Waals surface area contributed by atoms with E-state index in [9.17, 15) is 5.11 Å². The molecule has 0 bridgehead atoms. The number of aromatic hydroxyl groups is 1. The van der Waals surface area contributed by atoms with E-state index in [4.69, 9.17) is 5.11 Å². The molecule has 0 aliphatic heterocycles. The summed E-state index contributed by atoms with van der Waals surface area (Å²) in [7, 11) is 0. The molecule has 108 valence electrons. The predicted octanol–water partition coefficient (Wildman–Crippen LogP) is 1.05. The van der Waals surface area contributed by atoms with Crippen molar-refractivity contribution in [2.45, 2.75) is 34.1 Å². The first-order chi connectivity index (χ1) is 9.26. The van der Waals surface area contributed by atoms with Crippen LogP contribution < -0.4 is 56.5 Å². The van der Waals surface area contributed by atoms with Gasteiger partial charge in [-0.15, -0.1) is 5.75 Å². The maximum Gasteiger partial charge on any atom is 1.00 e. The van der Waals surface area contributed by atoms with Crippen LogP contribution in [0.4, 0.5) is 0 Å². The molecule has 2 rings (SSSR count). The summed E-state index contributed by atoms with van der Waals surface area (Å²) in [6.45, 7) is 8.56. The van der Waals surface area contributed by atoms with Gasteiger partial charge in [0.25, 0.3) is 0 Å². The Bertz CT molecular complexity index is 489. The molecule has 0 aliphatic carbocycles. The molecular formula is C18H23KO2. The maximum absolute atomic E-state index is 10.8. The second kappa shape index (κ2) is 9.64. The molecule has 3 heteroatoms. The average molecular weight is 310 g/mol. The molecule has 0 fully saturated rings. The molecule has 2 aromatic carbocycles. The van der Waals surface area contributed by atoms with Gasteiger partial charge in [-0.2, -0.15) is 0 Å². The molecule has 0 unspecified atom stereocenters. The fourth-order valence-electron chi connectivity index (χ4n) is 1.76. The van der Waals surface area contributed by atoms with E-state index in [2.05, 4.69) is 20.8 Å². The van der Waals surface area contributed by atoms with Gasteiger partial charge in [-0.25, -0.2) is 0 Å². The molecule has 1 N–H and O–H groups in total. The topological polar surface area (TPSA) is 43.3 Å². The van der Waals surface area contributed by atoms with Gasteiger partial charge in [0.2, 0.25) is 0 Å². The van der Waals surface area contributed by atoms with E-state index >= 15 is 0 Å². The van der Waals surface area contributed by atoms with Crippen LogP contribution in [0.5, 0.6) is 11.5 Å². The van der Waals surface area contributed by atoms with Crippen LogP contribution in [0, 0.1) is 12.3 Å². The van der Waals surface area contributed by atoms with Gasteiger partial charge in [-0.05, 0) is 36.5 Å². The van der Waals surface area contributed by atoms with Crippen molar-refractivity contribution in [1.29, 1.82) is 0 Å². The van der Waals surface area contributed by atoms with E-state index in [0.29, 0.717) is 11.2 Å². The third kappa shape index (κ3) is 10.1. The first-order valence-corrected chi connectivity index (χ1v) is 6.78. The number of aryl methyl sites for hydroxylation is 1. The summed E-state index contributed by atoms with van der Waals surface area (Å²) in [4.78, 5) is 0. The normalized spacial score (nSPS) is 10.1. The first kappa shape index (κ1) is 20.7. The van der Waals surface area contributed by atoms with Crippen molar-refractivity contribution in [3.05, 3.63) is 59.7 Å². The summed E-state index contributed by atoms with van der Waals surface area (Å²) in [6, 6.07) is 14.2. The van der Waals surface area contributed by atoms with Crippen molar-refractivity contribution in [1.82, 2.24) is 0 Å². The summed E-state index contributed by atoms with van der Waals surface area (Å²) in [5.74, 6) is 0.420. The van der Waals surface area contributed by atoms with Crippen LogP contribution in [0.25, 0.3) is 0 Å². The van der Waals surface area contributed by atoms with Gasteiger partial charge >= 0.3 is 51.4 Å². The fraction of sp³-hybridized carbons (Fsp3) is 0.333. The zero-order chi connectivity index (χ0) is 15.2. The largest absolute Gasteiger partial charge is 1.00 e.